The lowest BCUT2D eigenvalue weighted by Gasteiger charge is -2.18. The summed E-state index contributed by atoms with van der Waals surface area (Å²) < 4.78 is 7.88. The highest BCUT2D eigenvalue weighted by molar-refractivity contribution is 6.09. The molecule has 2 heterocycles. The van der Waals surface area contributed by atoms with Crippen LogP contribution in [0, 0.1) is 0 Å². The van der Waals surface area contributed by atoms with Gasteiger partial charge >= 0.3 is 0 Å². The van der Waals surface area contributed by atoms with E-state index in [9.17, 15) is 0 Å². The summed E-state index contributed by atoms with van der Waals surface area (Å²) in [4.78, 5) is 0. The van der Waals surface area contributed by atoms with E-state index in [1.165, 1.54) is 32.6 Å². The summed E-state index contributed by atoms with van der Waals surface area (Å²) in [5.74, 6) is 0. The van der Waals surface area contributed by atoms with Crippen molar-refractivity contribution in [2.45, 2.75) is 19.6 Å². The minimum Gasteiger partial charge on any atom is -0.371 e. The predicted octanol–water partition coefficient (Wildman–Crippen LogP) is 6.21. The van der Waals surface area contributed by atoms with Crippen LogP contribution in [0.15, 0.2) is 90.0 Å². The average molecular weight is 420 g/mol. The van der Waals surface area contributed by atoms with Crippen LogP contribution in [0.2, 0.25) is 0 Å². The van der Waals surface area contributed by atoms with Crippen LogP contribution in [0.3, 0.4) is 0 Å². The number of anilines is 1. The zero-order valence-electron chi connectivity index (χ0n) is 18.1. The predicted molar refractivity (Wildman–Crippen MR) is 134 cm³/mol. The van der Waals surface area contributed by atoms with Gasteiger partial charge in [0, 0.05) is 28.4 Å². The molecule has 0 bridgehead atoms. The topological polar surface area (TPSA) is 33.1 Å². The zero-order chi connectivity index (χ0) is 21.5. The van der Waals surface area contributed by atoms with Crippen molar-refractivity contribution in [1.29, 1.82) is 0 Å². The number of para-hydroxylation sites is 1. The molecular weight excluding hydrogens is 394 g/mol. The van der Waals surface area contributed by atoms with Crippen molar-refractivity contribution < 1.29 is 4.74 Å². The van der Waals surface area contributed by atoms with Crippen molar-refractivity contribution in [1.82, 2.24) is 4.57 Å². The summed E-state index contributed by atoms with van der Waals surface area (Å²) in [5, 5.41) is 12.0. The Labute approximate surface area is 187 Å². The summed E-state index contributed by atoms with van der Waals surface area (Å²) in [6.45, 7) is 4.71. The van der Waals surface area contributed by atoms with Gasteiger partial charge in [0.05, 0.1) is 25.1 Å². The molecule has 4 heteroatoms. The molecule has 1 unspecified atom stereocenters. The zero-order valence-corrected chi connectivity index (χ0v) is 18.1. The van der Waals surface area contributed by atoms with E-state index in [1.54, 1.807) is 0 Å². The third kappa shape index (κ3) is 3.43. The molecule has 4 nitrogen and oxygen atoms in total. The number of benzene rings is 4. The van der Waals surface area contributed by atoms with Gasteiger partial charge in [-0.2, -0.15) is 5.10 Å². The van der Waals surface area contributed by atoms with Crippen LogP contribution in [-0.4, -0.2) is 30.0 Å². The van der Waals surface area contributed by atoms with Gasteiger partial charge in [0.1, 0.15) is 6.10 Å². The number of nitrogens with zero attached hydrogens (tertiary/aromatic N) is 3. The molecule has 158 valence electrons. The fourth-order valence-corrected chi connectivity index (χ4v) is 4.55. The number of hydrazone groups is 1. The Hall–Kier alpha value is -3.63. The summed E-state index contributed by atoms with van der Waals surface area (Å²) in [6.07, 6.45) is 2.22. The monoisotopic (exact) mass is 419 g/mol. The lowest BCUT2D eigenvalue weighted by molar-refractivity contribution is 0.408. The van der Waals surface area contributed by atoms with Gasteiger partial charge in [-0.05, 0) is 53.6 Å². The van der Waals surface area contributed by atoms with E-state index in [-0.39, 0.29) is 6.10 Å². The Kier molecular flexibility index (Phi) is 4.66. The molecule has 1 aliphatic rings. The molecule has 0 saturated carbocycles. The van der Waals surface area contributed by atoms with Gasteiger partial charge in [0.2, 0.25) is 0 Å². The maximum atomic E-state index is 5.50. The maximum Gasteiger partial charge on any atom is 0.101 e. The minimum absolute atomic E-state index is 0.253. The number of ether oxygens (including phenoxy) is 1. The largest absolute Gasteiger partial charge is 0.371 e. The van der Waals surface area contributed by atoms with Gasteiger partial charge in [0.15, 0.2) is 0 Å². The molecule has 0 spiro atoms. The highest BCUT2D eigenvalue weighted by Gasteiger charge is 2.25. The third-order valence-electron chi connectivity index (χ3n) is 6.27. The molecule has 32 heavy (non-hydrogen) atoms. The van der Waals surface area contributed by atoms with Gasteiger partial charge in [-0.1, -0.05) is 54.6 Å². The molecule has 0 aliphatic carbocycles. The van der Waals surface area contributed by atoms with Crippen LogP contribution < -0.4 is 5.01 Å². The number of aromatic nitrogens is 1. The Morgan fingerprint density at radius 2 is 1.69 bits per heavy atom. The number of hydrogen-bond donors (Lipinski definition) is 0. The molecule has 1 aromatic heterocycles. The lowest BCUT2D eigenvalue weighted by atomic mass is 10.1. The SMILES string of the molecule is CCn1c2ccccc2c2cc(/C=N/N(CC3CO3)c3ccc4ccccc4c3)ccc21. The Balaban J connectivity index is 1.38. The fraction of sp³-hybridized carbons (Fsp3) is 0.179. The molecule has 5 aromatic rings. The molecule has 0 radical (unpaired) electrons. The van der Waals surface area contributed by atoms with Gasteiger partial charge in [0.25, 0.3) is 0 Å². The van der Waals surface area contributed by atoms with Gasteiger partial charge < -0.3 is 9.30 Å². The normalized spacial score (nSPS) is 15.8. The Morgan fingerprint density at radius 1 is 0.906 bits per heavy atom. The first kappa shape index (κ1) is 19.1. The summed E-state index contributed by atoms with van der Waals surface area (Å²) in [6, 6.07) is 30.2. The first-order chi connectivity index (χ1) is 15.8. The van der Waals surface area contributed by atoms with Crippen LogP contribution in [-0.2, 0) is 11.3 Å². The molecule has 6 rings (SSSR count). The van der Waals surface area contributed by atoms with E-state index in [0.29, 0.717) is 0 Å². The van der Waals surface area contributed by atoms with Gasteiger partial charge in [-0.15, -0.1) is 0 Å². The van der Waals surface area contributed by atoms with Crippen molar-refractivity contribution in [2.24, 2.45) is 5.10 Å². The number of epoxide rings is 1. The first-order valence-corrected chi connectivity index (χ1v) is 11.2. The van der Waals surface area contributed by atoms with E-state index in [0.717, 1.165) is 30.9 Å². The second kappa shape index (κ2) is 7.81. The number of aryl methyl sites for hydroxylation is 1. The molecular formula is C28H25N3O. The second-order valence-electron chi connectivity index (χ2n) is 8.35. The molecule has 1 atom stereocenters. The molecule has 1 aliphatic heterocycles. The van der Waals surface area contributed by atoms with Crippen molar-refractivity contribution in [3.05, 3.63) is 90.5 Å². The molecule has 1 fully saturated rings. The summed E-state index contributed by atoms with van der Waals surface area (Å²) in [7, 11) is 0. The minimum atomic E-state index is 0.253. The van der Waals surface area contributed by atoms with E-state index in [1.807, 2.05) is 6.21 Å². The van der Waals surface area contributed by atoms with Crippen molar-refractivity contribution in [2.75, 3.05) is 18.2 Å². The smallest absolute Gasteiger partial charge is 0.101 e. The Morgan fingerprint density at radius 3 is 2.53 bits per heavy atom. The van der Waals surface area contributed by atoms with E-state index in [2.05, 4.69) is 101 Å². The lowest BCUT2D eigenvalue weighted by Crippen LogP contribution is -2.22. The Bertz CT molecular complexity index is 1460. The molecule has 0 amide bonds. The van der Waals surface area contributed by atoms with Crippen LogP contribution >= 0.6 is 0 Å². The van der Waals surface area contributed by atoms with Crippen LogP contribution in [0.25, 0.3) is 32.6 Å². The number of rotatable bonds is 6. The molecule has 0 N–H and O–H groups in total. The van der Waals surface area contributed by atoms with Crippen LogP contribution in [0.5, 0.6) is 0 Å². The average Bonchev–Trinajstić information content (AvgIpc) is 3.61. The summed E-state index contributed by atoms with van der Waals surface area (Å²) in [5.41, 5.74) is 4.73. The quantitative estimate of drug-likeness (QED) is 0.186. The standard InChI is InChI=1S/C28H25N3O/c1-2-30-27-10-6-5-9-25(27)26-15-20(11-14-28(26)30)17-29-31(18-24-19-32-24)23-13-12-21-7-3-4-8-22(21)16-23/h3-17,24H,2,18-19H2,1H3/b29-17+. The van der Waals surface area contributed by atoms with E-state index < -0.39 is 0 Å². The number of fused-ring (bicyclic) bond motifs is 4. The van der Waals surface area contributed by atoms with E-state index >= 15 is 0 Å². The van der Waals surface area contributed by atoms with Gasteiger partial charge in [-0.3, -0.25) is 5.01 Å². The van der Waals surface area contributed by atoms with Crippen LogP contribution in [0.4, 0.5) is 5.69 Å². The maximum absolute atomic E-state index is 5.50. The van der Waals surface area contributed by atoms with E-state index in [4.69, 9.17) is 9.84 Å². The third-order valence-corrected chi connectivity index (χ3v) is 6.27. The second-order valence-corrected chi connectivity index (χ2v) is 8.35. The van der Waals surface area contributed by atoms with Crippen molar-refractivity contribution >= 4 is 44.5 Å². The highest BCUT2D eigenvalue weighted by Crippen LogP contribution is 2.30. The number of hydrogen-bond acceptors (Lipinski definition) is 3. The van der Waals surface area contributed by atoms with Crippen molar-refractivity contribution in [3.8, 4) is 0 Å². The van der Waals surface area contributed by atoms with Crippen molar-refractivity contribution in [3.63, 3.8) is 0 Å². The summed E-state index contributed by atoms with van der Waals surface area (Å²) >= 11 is 0. The highest BCUT2D eigenvalue weighted by atomic mass is 16.6. The molecule has 4 aromatic carbocycles. The van der Waals surface area contributed by atoms with Gasteiger partial charge in [-0.25, -0.2) is 0 Å². The fourth-order valence-electron chi connectivity index (χ4n) is 4.55. The van der Waals surface area contributed by atoms with Crippen LogP contribution in [0.1, 0.15) is 12.5 Å². The first-order valence-electron chi connectivity index (χ1n) is 11.2. The molecule has 1 saturated heterocycles.